The van der Waals surface area contributed by atoms with Crippen molar-refractivity contribution in [2.24, 2.45) is 5.92 Å². The third-order valence-electron chi connectivity index (χ3n) is 3.77. The Morgan fingerprint density at radius 1 is 1.38 bits per heavy atom. The summed E-state index contributed by atoms with van der Waals surface area (Å²) < 4.78 is 5.69. The first-order valence-corrected chi connectivity index (χ1v) is 7.94. The van der Waals surface area contributed by atoms with Crippen LogP contribution in [0.2, 0.25) is 0 Å². The highest BCUT2D eigenvalue weighted by Crippen LogP contribution is 2.18. The van der Waals surface area contributed by atoms with Crippen LogP contribution >= 0.6 is 0 Å². The number of amides is 1. The van der Waals surface area contributed by atoms with Crippen LogP contribution in [-0.2, 0) is 11.3 Å². The maximum absolute atomic E-state index is 12.1. The number of rotatable bonds is 7. The monoisotopic (exact) mass is 287 g/mol. The van der Waals surface area contributed by atoms with Crippen molar-refractivity contribution in [3.8, 4) is 5.75 Å². The van der Waals surface area contributed by atoms with E-state index in [0.717, 1.165) is 50.0 Å². The molecular formula is C18H25NO2. The second-order valence-electron chi connectivity index (χ2n) is 5.55. The fourth-order valence-electron chi connectivity index (χ4n) is 2.44. The smallest absolute Gasteiger partial charge is 0.223 e. The van der Waals surface area contributed by atoms with Gasteiger partial charge in [-0.2, -0.15) is 0 Å². The number of nitrogens with one attached hydrogen (secondary N) is 1. The first-order valence-electron chi connectivity index (χ1n) is 7.94. The van der Waals surface area contributed by atoms with Gasteiger partial charge in [0.15, 0.2) is 0 Å². The molecule has 1 N–H and O–H groups in total. The molecule has 1 atom stereocenters. The minimum Gasteiger partial charge on any atom is -0.494 e. The number of allylic oxidation sites excluding steroid dienone is 2. The predicted octanol–water partition coefficient (Wildman–Crippen LogP) is 3.84. The summed E-state index contributed by atoms with van der Waals surface area (Å²) in [6.07, 6.45) is 9.30. The molecule has 1 aliphatic rings. The van der Waals surface area contributed by atoms with Crippen molar-refractivity contribution in [1.82, 2.24) is 5.32 Å². The fraction of sp³-hybridized carbons (Fsp3) is 0.500. The van der Waals surface area contributed by atoms with Crippen molar-refractivity contribution in [2.45, 2.75) is 45.6 Å². The number of unbranched alkanes of at least 4 members (excludes halogenated alkanes) is 1. The van der Waals surface area contributed by atoms with E-state index in [9.17, 15) is 4.79 Å². The van der Waals surface area contributed by atoms with Crippen LogP contribution in [0.15, 0.2) is 36.4 Å². The summed E-state index contributed by atoms with van der Waals surface area (Å²) >= 11 is 0. The van der Waals surface area contributed by atoms with Gasteiger partial charge in [0.05, 0.1) is 6.61 Å². The highest BCUT2D eigenvalue weighted by atomic mass is 16.5. The van der Waals surface area contributed by atoms with E-state index in [1.165, 1.54) is 0 Å². The zero-order valence-corrected chi connectivity index (χ0v) is 12.8. The van der Waals surface area contributed by atoms with Gasteiger partial charge in [0.25, 0.3) is 0 Å². The van der Waals surface area contributed by atoms with E-state index in [1.807, 2.05) is 24.3 Å². The number of carbonyl (C=O) groups excluding carboxylic acids is 1. The van der Waals surface area contributed by atoms with Crippen LogP contribution in [0.1, 0.15) is 44.6 Å². The molecule has 1 aliphatic carbocycles. The van der Waals surface area contributed by atoms with Gasteiger partial charge in [-0.3, -0.25) is 4.79 Å². The minimum absolute atomic E-state index is 0.138. The quantitative estimate of drug-likeness (QED) is 0.611. The molecule has 3 nitrogen and oxygen atoms in total. The molecule has 1 amide bonds. The van der Waals surface area contributed by atoms with Gasteiger partial charge in [-0.1, -0.05) is 37.6 Å². The van der Waals surface area contributed by atoms with E-state index in [2.05, 4.69) is 24.4 Å². The third kappa shape index (κ3) is 5.25. The third-order valence-corrected chi connectivity index (χ3v) is 3.77. The van der Waals surface area contributed by atoms with Crippen LogP contribution in [-0.4, -0.2) is 12.5 Å². The van der Waals surface area contributed by atoms with Gasteiger partial charge in [-0.15, -0.1) is 0 Å². The summed E-state index contributed by atoms with van der Waals surface area (Å²) in [6.45, 7) is 3.47. The Labute approximate surface area is 127 Å². The summed E-state index contributed by atoms with van der Waals surface area (Å²) in [5.74, 6) is 1.19. The Morgan fingerprint density at radius 2 is 2.29 bits per heavy atom. The van der Waals surface area contributed by atoms with Gasteiger partial charge in [0, 0.05) is 12.5 Å². The normalized spacial score (nSPS) is 17.5. The fourth-order valence-corrected chi connectivity index (χ4v) is 2.44. The van der Waals surface area contributed by atoms with Crippen molar-refractivity contribution in [2.75, 3.05) is 6.61 Å². The zero-order chi connectivity index (χ0) is 14.9. The molecule has 114 valence electrons. The molecule has 3 heteroatoms. The van der Waals surface area contributed by atoms with E-state index in [-0.39, 0.29) is 11.8 Å². The van der Waals surface area contributed by atoms with Gasteiger partial charge in [-0.25, -0.2) is 0 Å². The number of carbonyl (C=O) groups is 1. The second-order valence-corrected chi connectivity index (χ2v) is 5.55. The standard InChI is InChI=1S/C18H25NO2/c1-2-3-12-21-17-11-7-8-15(13-17)14-19-18(20)16-9-5-4-6-10-16/h4-5,7-8,11,13,16H,2-3,6,9-10,12,14H2,1H3,(H,19,20). The van der Waals surface area contributed by atoms with E-state index in [1.54, 1.807) is 0 Å². The molecule has 0 bridgehead atoms. The molecule has 0 spiro atoms. The molecule has 0 radical (unpaired) electrons. The summed E-state index contributed by atoms with van der Waals surface area (Å²) in [4.78, 5) is 12.1. The van der Waals surface area contributed by atoms with Crippen LogP contribution in [0.3, 0.4) is 0 Å². The van der Waals surface area contributed by atoms with Gasteiger partial charge < -0.3 is 10.1 Å². The van der Waals surface area contributed by atoms with Crippen LogP contribution in [0, 0.1) is 5.92 Å². The van der Waals surface area contributed by atoms with Crippen molar-refractivity contribution in [1.29, 1.82) is 0 Å². The maximum atomic E-state index is 12.1. The summed E-state index contributed by atoms with van der Waals surface area (Å²) in [5, 5.41) is 3.03. The molecule has 1 aromatic carbocycles. The van der Waals surface area contributed by atoms with Gasteiger partial charge in [0.1, 0.15) is 5.75 Å². The summed E-state index contributed by atoms with van der Waals surface area (Å²) in [5.41, 5.74) is 1.09. The van der Waals surface area contributed by atoms with Crippen molar-refractivity contribution >= 4 is 5.91 Å². The lowest BCUT2D eigenvalue weighted by Crippen LogP contribution is -2.30. The van der Waals surface area contributed by atoms with Crippen molar-refractivity contribution < 1.29 is 9.53 Å². The zero-order valence-electron chi connectivity index (χ0n) is 12.8. The van der Waals surface area contributed by atoms with Crippen molar-refractivity contribution in [3.05, 3.63) is 42.0 Å². The molecule has 0 aliphatic heterocycles. The summed E-state index contributed by atoms with van der Waals surface area (Å²) in [7, 11) is 0. The van der Waals surface area contributed by atoms with E-state index < -0.39 is 0 Å². The minimum atomic E-state index is 0.138. The highest BCUT2D eigenvalue weighted by Gasteiger charge is 2.17. The molecule has 21 heavy (non-hydrogen) atoms. The molecule has 0 heterocycles. The SMILES string of the molecule is CCCCOc1cccc(CNC(=O)C2CC=CCC2)c1. The first-order chi connectivity index (χ1) is 10.3. The lowest BCUT2D eigenvalue weighted by atomic mass is 9.93. The molecule has 1 aromatic rings. The molecule has 0 aromatic heterocycles. The number of ether oxygens (including phenoxy) is 1. The molecular weight excluding hydrogens is 262 g/mol. The highest BCUT2D eigenvalue weighted by molar-refractivity contribution is 5.78. The van der Waals surface area contributed by atoms with Crippen LogP contribution < -0.4 is 10.1 Å². The van der Waals surface area contributed by atoms with Crippen LogP contribution in [0.4, 0.5) is 0 Å². The topological polar surface area (TPSA) is 38.3 Å². The number of benzene rings is 1. The van der Waals surface area contributed by atoms with Crippen molar-refractivity contribution in [3.63, 3.8) is 0 Å². The lowest BCUT2D eigenvalue weighted by molar-refractivity contribution is -0.125. The van der Waals surface area contributed by atoms with E-state index >= 15 is 0 Å². The molecule has 0 fully saturated rings. The van der Waals surface area contributed by atoms with E-state index in [4.69, 9.17) is 4.74 Å². The van der Waals surface area contributed by atoms with Crippen LogP contribution in [0.25, 0.3) is 0 Å². The Hall–Kier alpha value is -1.77. The van der Waals surface area contributed by atoms with E-state index in [0.29, 0.717) is 6.54 Å². The van der Waals surface area contributed by atoms with Gasteiger partial charge >= 0.3 is 0 Å². The predicted molar refractivity (Wildman–Crippen MR) is 85.2 cm³/mol. The number of hydrogen-bond donors (Lipinski definition) is 1. The average Bonchev–Trinajstić information content (AvgIpc) is 2.54. The lowest BCUT2D eigenvalue weighted by Gasteiger charge is -2.17. The Morgan fingerprint density at radius 3 is 3.05 bits per heavy atom. The Kier molecular flexibility index (Phi) is 6.32. The molecule has 1 unspecified atom stereocenters. The first kappa shape index (κ1) is 15.6. The van der Waals surface area contributed by atoms with Gasteiger partial charge in [-0.05, 0) is 43.4 Å². The Balaban J connectivity index is 1.80. The number of hydrogen-bond acceptors (Lipinski definition) is 2. The maximum Gasteiger partial charge on any atom is 0.223 e. The molecule has 0 saturated carbocycles. The second kappa shape index (κ2) is 8.50. The summed E-state index contributed by atoms with van der Waals surface area (Å²) in [6, 6.07) is 7.98. The van der Waals surface area contributed by atoms with Crippen LogP contribution in [0.5, 0.6) is 5.75 Å². The largest absolute Gasteiger partial charge is 0.494 e. The Bertz CT molecular complexity index is 482. The molecule has 0 saturated heterocycles. The molecule has 2 rings (SSSR count). The average molecular weight is 287 g/mol. The van der Waals surface area contributed by atoms with Gasteiger partial charge in [0.2, 0.25) is 5.91 Å².